The molecule has 0 bridgehead atoms. The fourth-order valence-electron chi connectivity index (χ4n) is 3.14. The van der Waals surface area contributed by atoms with Crippen molar-refractivity contribution in [2.75, 3.05) is 13.2 Å². The molecule has 30 heavy (non-hydrogen) atoms. The lowest BCUT2D eigenvalue weighted by molar-refractivity contribution is -0.0380. The van der Waals surface area contributed by atoms with Gasteiger partial charge in [-0.05, 0) is 43.3 Å². The third-order valence-corrected chi connectivity index (χ3v) is 5.51. The van der Waals surface area contributed by atoms with Gasteiger partial charge in [-0.3, -0.25) is 4.79 Å². The molecule has 0 amide bonds. The van der Waals surface area contributed by atoms with Crippen molar-refractivity contribution >= 4 is 17.0 Å². The summed E-state index contributed by atoms with van der Waals surface area (Å²) in [4.78, 5) is 16.9. The van der Waals surface area contributed by atoms with E-state index in [4.69, 9.17) is 9.47 Å². The van der Waals surface area contributed by atoms with Crippen molar-refractivity contribution in [2.24, 2.45) is 0 Å². The molecule has 0 unspecified atom stereocenters. The lowest BCUT2D eigenvalue weighted by Crippen LogP contribution is -2.22. The number of nitrogens with zero attached hydrogens (tertiary/aromatic N) is 2. The van der Waals surface area contributed by atoms with Crippen LogP contribution in [0, 0.1) is 0 Å². The first-order valence-corrected chi connectivity index (χ1v) is 10.7. The average Bonchev–Trinajstić information content (AvgIpc) is 3.35. The summed E-state index contributed by atoms with van der Waals surface area (Å²) in [5, 5.41) is 6.39. The third-order valence-electron chi connectivity index (χ3n) is 4.55. The van der Waals surface area contributed by atoms with Crippen LogP contribution in [0.25, 0.3) is 27.2 Å². The van der Waals surface area contributed by atoms with Crippen LogP contribution in [-0.2, 0) is 16.1 Å². The van der Waals surface area contributed by atoms with Gasteiger partial charge in [0.1, 0.15) is 5.65 Å². The Morgan fingerprint density at radius 3 is 2.67 bits per heavy atom. The second-order valence-electron chi connectivity index (χ2n) is 8.03. The zero-order chi connectivity index (χ0) is 21.1. The third kappa shape index (κ3) is 4.70. The second kappa shape index (κ2) is 8.55. The van der Waals surface area contributed by atoms with E-state index in [1.165, 1.54) is 10.6 Å². The summed E-state index contributed by atoms with van der Waals surface area (Å²) < 4.78 is 12.7. The average molecular weight is 424 g/mol. The maximum atomic E-state index is 12.5. The van der Waals surface area contributed by atoms with E-state index < -0.39 is 0 Å². The number of H-pyrrole nitrogens is 1. The van der Waals surface area contributed by atoms with Gasteiger partial charge in [0.05, 0.1) is 37.2 Å². The Kier molecular flexibility index (Phi) is 5.85. The SMILES string of the molecule is CC(C)(C)OCCOCc1cc(=O)n2ncc(-c3cc(-c4ccccc4)cs3)c2[nH]1. The van der Waals surface area contributed by atoms with E-state index in [0.717, 1.165) is 21.6 Å². The Balaban J connectivity index is 1.54. The minimum atomic E-state index is -0.192. The van der Waals surface area contributed by atoms with Gasteiger partial charge >= 0.3 is 0 Å². The Labute approximate surface area is 179 Å². The van der Waals surface area contributed by atoms with Crippen LogP contribution in [0.4, 0.5) is 0 Å². The number of hydrogen-bond acceptors (Lipinski definition) is 5. The topological polar surface area (TPSA) is 68.6 Å². The van der Waals surface area contributed by atoms with Crippen LogP contribution in [-0.4, -0.2) is 33.4 Å². The Morgan fingerprint density at radius 2 is 1.90 bits per heavy atom. The molecule has 3 heterocycles. The Bertz CT molecular complexity index is 1190. The number of nitrogens with one attached hydrogen (secondary N) is 1. The van der Waals surface area contributed by atoms with Crippen LogP contribution in [0.2, 0.25) is 0 Å². The summed E-state index contributed by atoms with van der Waals surface area (Å²) in [5.41, 5.74) is 4.23. The normalized spacial score (nSPS) is 12.0. The van der Waals surface area contributed by atoms with Crippen LogP contribution in [0.1, 0.15) is 26.5 Å². The molecule has 6 nitrogen and oxygen atoms in total. The van der Waals surface area contributed by atoms with Crippen LogP contribution in [0.15, 0.2) is 58.8 Å². The number of benzene rings is 1. The Morgan fingerprint density at radius 1 is 1.10 bits per heavy atom. The predicted octanol–water partition coefficient (Wildman–Crippen LogP) is 4.75. The lowest BCUT2D eigenvalue weighted by Gasteiger charge is -2.19. The molecular formula is C23H25N3O3S. The van der Waals surface area contributed by atoms with Crippen LogP contribution in [0.3, 0.4) is 0 Å². The number of aromatic amines is 1. The molecule has 0 spiro atoms. The summed E-state index contributed by atoms with van der Waals surface area (Å²) >= 11 is 1.63. The quantitative estimate of drug-likeness (QED) is 0.436. The molecule has 156 valence electrons. The first kappa shape index (κ1) is 20.5. The van der Waals surface area contributed by atoms with Crippen molar-refractivity contribution in [3.8, 4) is 21.6 Å². The molecule has 0 aliphatic carbocycles. The van der Waals surface area contributed by atoms with Crippen LogP contribution < -0.4 is 5.56 Å². The number of rotatable bonds is 7. The highest BCUT2D eigenvalue weighted by Gasteiger charge is 2.14. The van der Waals surface area contributed by atoms with E-state index >= 15 is 0 Å². The van der Waals surface area contributed by atoms with Crippen molar-refractivity contribution in [1.29, 1.82) is 0 Å². The highest BCUT2D eigenvalue weighted by atomic mass is 32.1. The molecule has 3 aromatic heterocycles. The van der Waals surface area contributed by atoms with E-state index in [9.17, 15) is 4.79 Å². The molecule has 7 heteroatoms. The van der Waals surface area contributed by atoms with Crippen molar-refractivity contribution in [3.05, 3.63) is 70.1 Å². The van der Waals surface area contributed by atoms with Crippen LogP contribution in [0.5, 0.6) is 0 Å². The fourth-order valence-corrected chi connectivity index (χ4v) is 4.07. The minimum absolute atomic E-state index is 0.181. The van der Waals surface area contributed by atoms with Gasteiger partial charge in [-0.25, -0.2) is 0 Å². The number of hydrogen-bond donors (Lipinski definition) is 1. The van der Waals surface area contributed by atoms with Gasteiger partial charge in [-0.2, -0.15) is 9.61 Å². The van der Waals surface area contributed by atoms with E-state index in [1.54, 1.807) is 17.5 Å². The van der Waals surface area contributed by atoms with Crippen molar-refractivity contribution in [3.63, 3.8) is 0 Å². The number of ether oxygens (including phenoxy) is 2. The monoisotopic (exact) mass is 423 g/mol. The standard InChI is InChI=1S/C23H25N3O3S/c1-23(2,3)29-10-9-28-14-18-12-21(27)26-22(25-18)19(13-24-26)20-11-17(15-30-20)16-7-5-4-6-8-16/h4-8,11-13,15,25H,9-10,14H2,1-3H3. The van der Waals surface area contributed by atoms with Crippen molar-refractivity contribution in [1.82, 2.24) is 14.6 Å². The summed E-state index contributed by atoms with van der Waals surface area (Å²) in [6.45, 7) is 7.30. The molecular weight excluding hydrogens is 398 g/mol. The first-order chi connectivity index (χ1) is 14.4. The van der Waals surface area contributed by atoms with Gasteiger partial charge in [0, 0.05) is 16.6 Å². The van der Waals surface area contributed by atoms with Gasteiger partial charge in [-0.15, -0.1) is 11.3 Å². The van der Waals surface area contributed by atoms with E-state index in [0.29, 0.717) is 31.2 Å². The molecule has 0 aliphatic heterocycles. The fraction of sp³-hybridized carbons (Fsp3) is 0.304. The van der Waals surface area contributed by atoms with E-state index in [1.807, 2.05) is 39.0 Å². The number of aromatic nitrogens is 3. The summed E-state index contributed by atoms with van der Waals surface area (Å²) in [5.74, 6) is 0. The molecule has 1 N–H and O–H groups in total. The summed E-state index contributed by atoms with van der Waals surface area (Å²) in [6, 6.07) is 13.9. The van der Waals surface area contributed by atoms with Gasteiger partial charge < -0.3 is 14.5 Å². The first-order valence-electron chi connectivity index (χ1n) is 9.87. The Hall–Kier alpha value is -2.74. The number of fused-ring (bicyclic) bond motifs is 1. The van der Waals surface area contributed by atoms with E-state index in [-0.39, 0.29) is 11.2 Å². The largest absolute Gasteiger partial charge is 0.373 e. The lowest BCUT2D eigenvalue weighted by atomic mass is 10.1. The predicted molar refractivity (Wildman–Crippen MR) is 120 cm³/mol. The highest BCUT2D eigenvalue weighted by Crippen LogP contribution is 2.33. The van der Waals surface area contributed by atoms with Crippen molar-refractivity contribution in [2.45, 2.75) is 33.0 Å². The molecule has 1 aromatic carbocycles. The molecule has 0 radical (unpaired) electrons. The van der Waals surface area contributed by atoms with Gasteiger partial charge in [0.15, 0.2) is 0 Å². The molecule has 0 saturated heterocycles. The minimum Gasteiger partial charge on any atom is -0.373 e. The summed E-state index contributed by atoms with van der Waals surface area (Å²) in [7, 11) is 0. The van der Waals surface area contributed by atoms with Crippen LogP contribution >= 0.6 is 11.3 Å². The summed E-state index contributed by atoms with van der Waals surface area (Å²) in [6.07, 6.45) is 1.73. The molecule has 0 saturated carbocycles. The molecule has 0 fully saturated rings. The molecule has 4 rings (SSSR count). The zero-order valence-corrected chi connectivity index (χ0v) is 18.2. The van der Waals surface area contributed by atoms with Crippen molar-refractivity contribution < 1.29 is 9.47 Å². The maximum absolute atomic E-state index is 12.5. The van der Waals surface area contributed by atoms with E-state index in [2.05, 4.69) is 33.7 Å². The zero-order valence-electron chi connectivity index (χ0n) is 17.3. The smallest absolute Gasteiger partial charge is 0.274 e. The molecule has 0 atom stereocenters. The number of thiophene rings is 1. The van der Waals surface area contributed by atoms with Gasteiger partial charge in [0.25, 0.3) is 5.56 Å². The van der Waals surface area contributed by atoms with Gasteiger partial charge in [-0.1, -0.05) is 30.3 Å². The highest BCUT2D eigenvalue weighted by molar-refractivity contribution is 7.14. The second-order valence-corrected chi connectivity index (χ2v) is 8.94. The maximum Gasteiger partial charge on any atom is 0.274 e. The van der Waals surface area contributed by atoms with Gasteiger partial charge in [0.2, 0.25) is 0 Å². The molecule has 4 aromatic rings. The molecule has 0 aliphatic rings.